The fourth-order valence-corrected chi connectivity index (χ4v) is 5.46. The lowest BCUT2D eigenvalue weighted by atomic mass is 10.00. The van der Waals surface area contributed by atoms with Gasteiger partial charge >= 0.3 is 0 Å². The quantitative estimate of drug-likeness (QED) is 0.642. The van der Waals surface area contributed by atoms with Gasteiger partial charge in [-0.2, -0.15) is 0 Å². The first-order valence-electron chi connectivity index (χ1n) is 9.29. The van der Waals surface area contributed by atoms with Crippen LogP contribution in [0.3, 0.4) is 0 Å². The molecule has 2 aromatic carbocycles. The standard InChI is InChI=1S/C21H21N3O2S2/c22-19(25)17-6-3-4-12-24(17)20(26)15-10-8-14(9-11-15)13-27-21-23-16-5-1-2-7-18(16)28-21/h1-2,5,7-11,17H,3-4,6,12-13H2,(H2,22,25). The first-order valence-corrected chi connectivity index (χ1v) is 11.1. The summed E-state index contributed by atoms with van der Waals surface area (Å²) in [6.45, 7) is 0.585. The first kappa shape index (κ1) is 19.0. The summed E-state index contributed by atoms with van der Waals surface area (Å²) in [6.07, 6.45) is 2.49. The van der Waals surface area contributed by atoms with E-state index in [1.54, 1.807) is 28.0 Å². The number of nitrogens with two attached hydrogens (primary N) is 1. The topological polar surface area (TPSA) is 76.3 Å². The number of thioether (sulfide) groups is 1. The number of rotatable bonds is 5. The Labute approximate surface area is 171 Å². The van der Waals surface area contributed by atoms with Crippen LogP contribution >= 0.6 is 23.1 Å². The zero-order chi connectivity index (χ0) is 19.5. The maximum atomic E-state index is 12.8. The molecule has 1 aromatic heterocycles. The number of thiazole rings is 1. The van der Waals surface area contributed by atoms with Crippen LogP contribution in [-0.4, -0.2) is 34.3 Å². The van der Waals surface area contributed by atoms with Crippen LogP contribution in [0.1, 0.15) is 35.2 Å². The number of benzene rings is 2. The second kappa shape index (κ2) is 8.32. The van der Waals surface area contributed by atoms with Crippen LogP contribution in [-0.2, 0) is 10.5 Å². The van der Waals surface area contributed by atoms with E-state index in [0.717, 1.165) is 34.0 Å². The van der Waals surface area contributed by atoms with E-state index in [9.17, 15) is 9.59 Å². The molecule has 0 saturated carbocycles. The highest BCUT2D eigenvalue weighted by Crippen LogP contribution is 2.31. The molecule has 144 valence electrons. The second-order valence-electron chi connectivity index (χ2n) is 6.85. The summed E-state index contributed by atoms with van der Waals surface area (Å²) in [5.41, 5.74) is 8.24. The first-order chi connectivity index (χ1) is 13.6. The number of amides is 2. The van der Waals surface area contributed by atoms with Crippen molar-refractivity contribution in [1.29, 1.82) is 0 Å². The minimum Gasteiger partial charge on any atom is -0.368 e. The lowest BCUT2D eigenvalue weighted by Gasteiger charge is -2.33. The number of primary amides is 1. The predicted octanol–water partition coefficient (Wildman–Crippen LogP) is 4.07. The Morgan fingerprint density at radius 3 is 2.68 bits per heavy atom. The highest BCUT2D eigenvalue weighted by Gasteiger charge is 2.31. The fraction of sp³-hybridized carbons (Fsp3) is 0.286. The van der Waals surface area contributed by atoms with Crippen LogP contribution in [0.25, 0.3) is 10.2 Å². The molecule has 28 heavy (non-hydrogen) atoms. The van der Waals surface area contributed by atoms with Crippen LogP contribution in [0, 0.1) is 0 Å². The Hall–Kier alpha value is -2.38. The van der Waals surface area contributed by atoms with Gasteiger partial charge in [-0.05, 0) is 49.1 Å². The minimum atomic E-state index is -0.490. The molecule has 1 fully saturated rings. The Kier molecular flexibility index (Phi) is 5.64. The van der Waals surface area contributed by atoms with E-state index in [4.69, 9.17) is 5.73 Å². The molecule has 5 nitrogen and oxygen atoms in total. The van der Waals surface area contributed by atoms with Crippen molar-refractivity contribution in [2.45, 2.75) is 35.4 Å². The number of hydrogen-bond acceptors (Lipinski definition) is 5. The molecule has 1 aliphatic heterocycles. The monoisotopic (exact) mass is 411 g/mol. The van der Waals surface area contributed by atoms with E-state index >= 15 is 0 Å². The van der Waals surface area contributed by atoms with Gasteiger partial charge in [0.05, 0.1) is 10.2 Å². The Balaban J connectivity index is 1.41. The third-order valence-electron chi connectivity index (χ3n) is 4.93. The van der Waals surface area contributed by atoms with Crippen molar-refractivity contribution >= 4 is 45.1 Å². The van der Waals surface area contributed by atoms with Gasteiger partial charge in [0, 0.05) is 17.9 Å². The molecule has 4 rings (SSSR count). The molecule has 1 saturated heterocycles. The number of fused-ring (bicyclic) bond motifs is 1. The van der Waals surface area contributed by atoms with Gasteiger partial charge in [-0.15, -0.1) is 11.3 Å². The molecule has 1 atom stereocenters. The van der Waals surface area contributed by atoms with E-state index in [2.05, 4.69) is 11.1 Å². The average molecular weight is 412 g/mol. The number of para-hydroxylation sites is 1. The molecular formula is C21H21N3O2S2. The Bertz CT molecular complexity index is 967. The van der Waals surface area contributed by atoms with Gasteiger partial charge in [0.1, 0.15) is 6.04 Å². The van der Waals surface area contributed by atoms with Crippen LogP contribution < -0.4 is 5.73 Å². The van der Waals surface area contributed by atoms with Crippen molar-refractivity contribution < 1.29 is 9.59 Å². The van der Waals surface area contributed by atoms with Gasteiger partial charge in [0.2, 0.25) is 5.91 Å². The molecule has 1 unspecified atom stereocenters. The van der Waals surface area contributed by atoms with E-state index in [1.807, 2.05) is 42.5 Å². The summed E-state index contributed by atoms with van der Waals surface area (Å²) in [4.78, 5) is 30.7. The van der Waals surface area contributed by atoms with Crippen molar-refractivity contribution in [3.8, 4) is 0 Å². The zero-order valence-corrected chi connectivity index (χ0v) is 17.0. The Morgan fingerprint density at radius 1 is 1.14 bits per heavy atom. The summed E-state index contributed by atoms with van der Waals surface area (Å²) >= 11 is 3.39. The molecule has 3 aromatic rings. The lowest BCUT2D eigenvalue weighted by Crippen LogP contribution is -2.50. The van der Waals surface area contributed by atoms with Crippen LogP contribution in [0.5, 0.6) is 0 Å². The van der Waals surface area contributed by atoms with E-state index in [-0.39, 0.29) is 5.91 Å². The number of likely N-dealkylation sites (tertiary alicyclic amines) is 1. The normalized spacial score (nSPS) is 17.0. The SMILES string of the molecule is NC(=O)C1CCCCN1C(=O)c1ccc(CSc2nc3ccccc3s2)cc1. The third kappa shape index (κ3) is 4.05. The number of nitrogens with zero attached hydrogens (tertiary/aromatic N) is 2. The highest BCUT2D eigenvalue weighted by atomic mass is 32.2. The third-order valence-corrected chi connectivity index (χ3v) is 7.18. The molecule has 0 radical (unpaired) electrons. The highest BCUT2D eigenvalue weighted by molar-refractivity contribution is 8.00. The van der Waals surface area contributed by atoms with Crippen molar-refractivity contribution in [3.63, 3.8) is 0 Å². The maximum Gasteiger partial charge on any atom is 0.254 e. The van der Waals surface area contributed by atoms with Gasteiger partial charge in [0.25, 0.3) is 5.91 Å². The minimum absolute atomic E-state index is 0.117. The van der Waals surface area contributed by atoms with Crippen molar-refractivity contribution in [2.24, 2.45) is 5.73 Å². The molecular weight excluding hydrogens is 390 g/mol. The summed E-state index contributed by atoms with van der Waals surface area (Å²) in [5, 5.41) is 0. The van der Waals surface area contributed by atoms with Crippen molar-refractivity contribution in [1.82, 2.24) is 9.88 Å². The van der Waals surface area contributed by atoms with Crippen molar-refractivity contribution in [2.75, 3.05) is 6.54 Å². The maximum absolute atomic E-state index is 12.8. The lowest BCUT2D eigenvalue weighted by molar-refractivity contribution is -0.123. The number of aromatic nitrogens is 1. The zero-order valence-electron chi connectivity index (χ0n) is 15.3. The number of carbonyl (C=O) groups is 2. The smallest absolute Gasteiger partial charge is 0.254 e. The molecule has 0 spiro atoms. The molecule has 7 heteroatoms. The van der Waals surface area contributed by atoms with Gasteiger partial charge in [-0.25, -0.2) is 4.98 Å². The van der Waals surface area contributed by atoms with Crippen LogP contribution in [0.15, 0.2) is 52.9 Å². The summed E-state index contributed by atoms with van der Waals surface area (Å²) in [6, 6.07) is 15.2. The largest absolute Gasteiger partial charge is 0.368 e. The van der Waals surface area contributed by atoms with Gasteiger partial charge in [-0.3, -0.25) is 9.59 Å². The van der Waals surface area contributed by atoms with Crippen LogP contribution in [0.4, 0.5) is 0 Å². The Morgan fingerprint density at radius 2 is 1.93 bits per heavy atom. The van der Waals surface area contributed by atoms with Gasteiger partial charge < -0.3 is 10.6 Å². The van der Waals surface area contributed by atoms with E-state index < -0.39 is 11.9 Å². The van der Waals surface area contributed by atoms with Gasteiger partial charge in [0.15, 0.2) is 4.34 Å². The van der Waals surface area contributed by atoms with E-state index in [1.165, 1.54) is 4.70 Å². The van der Waals surface area contributed by atoms with E-state index in [0.29, 0.717) is 18.5 Å². The predicted molar refractivity (Wildman–Crippen MR) is 113 cm³/mol. The number of carbonyl (C=O) groups excluding carboxylic acids is 2. The average Bonchev–Trinajstić information content (AvgIpc) is 3.15. The molecule has 2 N–H and O–H groups in total. The fourth-order valence-electron chi connectivity index (χ4n) is 3.44. The molecule has 2 amide bonds. The number of hydrogen-bond donors (Lipinski definition) is 1. The second-order valence-corrected chi connectivity index (χ2v) is 9.10. The van der Waals surface area contributed by atoms with Crippen molar-refractivity contribution in [3.05, 3.63) is 59.7 Å². The number of piperidine rings is 1. The molecule has 0 aliphatic carbocycles. The van der Waals surface area contributed by atoms with Crippen LogP contribution in [0.2, 0.25) is 0 Å². The molecule has 2 heterocycles. The summed E-state index contributed by atoms with van der Waals surface area (Å²) in [5.74, 6) is 0.257. The molecule has 1 aliphatic rings. The van der Waals surface area contributed by atoms with Gasteiger partial charge in [-0.1, -0.05) is 36.0 Å². The summed E-state index contributed by atoms with van der Waals surface area (Å²) < 4.78 is 2.23. The summed E-state index contributed by atoms with van der Waals surface area (Å²) in [7, 11) is 0. The molecule has 0 bridgehead atoms.